The van der Waals surface area contributed by atoms with Crippen LogP contribution in [0, 0.1) is 0 Å². The summed E-state index contributed by atoms with van der Waals surface area (Å²) >= 11 is 0. The van der Waals surface area contributed by atoms with Gasteiger partial charge in [0.2, 0.25) is 0 Å². The number of allylic oxidation sites excluding steroid dienone is 4. The van der Waals surface area contributed by atoms with Gasteiger partial charge in [0.1, 0.15) is 0 Å². The Kier molecular flexibility index (Phi) is 3.74. The second kappa shape index (κ2) is 5.84. The van der Waals surface area contributed by atoms with E-state index in [4.69, 9.17) is 0 Å². The van der Waals surface area contributed by atoms with Crippen LogP contribution >= 0.6 is 0 Å². The van der Waals surface area contributed by atoms with Crippen molar-refractivity contribution in [2.45, 2.75) is 0 Å². The molecule has 0 saturated heterocycles. The normalized spacial score (nSPS) is 14.9. The smallest absolute Gasteiger partial charge is 0.0361 e. The van der Waals surface area contributed by atoms with Gasteiger partial charge in [0.15, 0.2) is 0 Å². The first-order valence-corrected chi connectivity index (χ1v) is 7.17. The van der Waals surface area contributed by atoms with Gasteiger partial charge in [0.25, 0.3) is 0 Å². The summed E-state index contributed by atoms with van der Waals surface area (Å²) in [6, 6.07) is 17.0. The van der Waals surface area contributed by atoms with Gasteiger partial charge in [-0.15, -0.1) is 0 Å². The summed E-state index contributed by atoms with van der Waals surface area (Å²) in [5.41, 5.74) is 6.32. The first kappa shape index (κ1) is 13.4. The summed E-state index contributed by atoms with van der Waals surface area (Å²) in [5, 5.41) is 0. The van der Waals surface area contributed by atoms with E-state index in [0.29, 0.717) is 0 Å². The Morgan fingerprint density at radius 3 is 2.38 bits per heavy atom. The second-order valence-corrected chi connectivity index (χ2v) is 5.39. The molecule has 0 N–H and O–H groups in total. The largest absolute Gasteiger partial charge is 0.378 e. The molecule has 0 aromatic heterocycles. The van der Waals surface area contributed by atoms with Gasteiger partial charge in [-0.25, -0.2) is 0 Å². The molecular formula is C20H19N. The second-order valence-electron chi connectivity index (χ2n) is 5.39. The van der Waals surface area contributed by atoms with Crippen LogP contribution in [-0.2, 0) is 0 Å². The number of fused-ring (bicyclic) bond motifs is 1. The summed E-state index contributed by atoms with van der Waals surface area (Å²) < 4.78 is 0. The van der Waals surface area contributed by atoms with Crippen LogP contribution in [0.3, 0.4) is 0 Å². The van der Waals surface area contributed by atoms with Crippen molar-refractivity contribution in [2.24, 2.45) is 0 Å². The molecule has 0 aliphatic heterocycles. The molecule has 3 rings (SSSR count). The van der Waals surface area contributed by atoms with Gasteiger partial charge in [-0.3, -0.25) is 0 Å². The van der Waals surface area contributed by atoms with Gasteiger partial charge in [0.05, 0.1) is 0 Å². The predicted molar refractivity (Wildman–Crippen MR) is 93.3 cm³/mol. The number of benzene rings is 2. The minimum Gasteiger partial charge on any atom is -0.378 e. The molecule has 0 amide bonds. The van der Waals surface area contributed by atoms with Crippen LogP contribution < -0.4 is 4.90 Å². The van der Waals surface area contributed by atoms with Crippen molar-refractivity contribution in [3.8, 4) is 0 Å². The molecule has 0 bridgehead atoms. The van der Waals surface area contributed by atoms with E-state index in [0.717, 1.165) is 0 Å². The van der Waals surface area contributed by atoms with Crippen LogP contribution in [0.1, 0.15) is 16.7 Å². The third kappa shape index (κ3) is 2.97. The SMILES string of the molecule is CN(C)c1ccc(/C=C\C=C2\C=Cc3ccccc32)cc1. The van der Waals surface area contributed by atoms with Gasteiger partial charge in [-0.2, -0.15) is 0 Å². The Hall–Kier alpha value is -2.54. The molecule has 104 valence electrons. The molecule has 21 heavy (non-hydrogen) atoms. The molecule has 0 heterocycles. The maximum Gasteiger partial charge on any atom is 0.0361 e. The van der Waals surface area contributed by atoms with Crippen molar-refractivity contribution in [3.63, 3.8) is 0 Å². The fraction of sp³-hybridized carbons (Fsp3) is 0.100. The van der Waals surface area contributed by atoms with Gasteiger partial charge in [-0.1, -0.05) is 66.8 Å². The summed E-state index contributed by atoms with van der Waals surface area (Å²) in [7, 11) is 4.11. The average molecular weight is 273 g/mol. The Labute approximate surface area is 126 Å². The Bertz CT molecular complexity index is 716. The van der Waals surface area contributed by atoms with E-state index in [1.165, 1.54) is 28.0 Å². The van der Waals surface area contributed by atoms with Crippen LogP contribution in [0.2, 0.25) is 0 Å². The minimum absolute atomic E-state index is 1.22. The summed E-state index contributed by atoms with van der Waals surface area (Å²) in [6.07, 6.45) is 10.8. The highest BCUT2D eigenvalue weighted by Gasteiger charge is 2.07. The first-order chi connectivity index (χ1) is 10.2. The van der Waals surface area contributed by atoms with Crippen molar-refractivity contribution in [1.29, 1.82) is 0 Å². The molecule has 1 heteroatoms. The molecule has 2 aromatic rings. The van der Waals surface area contributed by atoms with Crippen LogP contribution in [-0.4, -0.2) is 14.1 Å². The van der Waals surface area contributed by atoms with Gasteiger partial charge in [0, 0.05) is 19.8 Å². The predicted octanol–water partition coefficient (Wildman–Crippen LogP) is 4.88. The maximum absolute atomic E-state index is 2.17. The van der Waals surface area contributed by atoms with E-state index < -0.39 is 0 Å². The molecule has 0 atom stereocenters. The lowest BCUT2D eigenvalue weighted by atomic mass is 10.1. The number of anilines is 1. The molecule has 0 spiro atoms. The molecule has 1 nitrogen and oxygen atoms in total. The summed E-state index contributed by atoms with van der Waals surface area (Å²) in [4.78, 5) is 2.11. The molecule has 0 saturated carbocycles. The van der Waals surface area contributed by atoms with E-state index in [9.17, 15) is 0 Å². The van der Waals surface area contributed by atoms with Crippen molar-refractivity contribution in [2.75, 3.05) is 19.0 Å². The third-order valence-electron chi connectivity index (χ3n) is 3.69. The number of rotatable bonds is 3. The monoisotopic (exact) mass is 273 g/mol. The molecule has 2 aromatic carbocycles. The van der Waals surface area contributed by atoms with Crippen molar-refractivity contribution < 1.29 is 0 Å². The minimum atomic E-state index is 1.22. The molecule has 0 unspecified atom stereocenters. The standard InChI is InChI=1S/C20H19N/c1-21(2)19-14-10-16(11-15-19)6-5-8-18-13-12-17-7-3-4-9-20(17)18/h3-15H,1-2H3/b6-5-,18-8-. The Balaban J connectivity index is 1.76. The van der Waals surface area contributed by atoms with E-state index in [2.05, 4.69) is 97.9 Å². The van der Waals surface area contributed by atoms with Gasteiger partial charge < -0.3 is 4.90 Å². The Morgan fingerprint density at radius 2 is 1.62 bits per heavy atom. The van der Waals surface area contributed by atoms with Gasteiger partial charge >= 0.3 is 0 Å². The average Bonchev–Trinajstić information content (AvgIpc) is 2.91. The van der Waals surface area contributed by atoms with Crippen molar-refractivity contribution in [1.82, 2.24) is 0 Å². The zero-order valence-corrected chi connectivity index (χ0v) is 12.5. The van der Waals surface area contributed by atoms with Crippen LogP contribution in [0.25, 0.3) is 17.7 Å². The highest BCUT2D eigenvalue weighted by molar-refractivity contribution is 5.90. The maximum atomic E-state index is 2.17. The van der Waals surface area contributed by atoms with Crippen LogP contribution in [0.15, 0.2) is 66.8 Å². The lowest BCUT2D eigenvalue weighted by Gasteiger charge is -2.11. The molecule has 1 aliphatic rings. The lowest BCUT2D eigenvalue weighted by Crippen LogP contribution is -2.07. The quantitative estimate of drug-likeness (QED) is 0.770. The van der Waals surface area contributed by atoms with Crippen molar-refractivity contribution >= 4 is 23.4 Å². The van der Waals surface area contributed by atoms with Crippen LogP contribution in [0.5, 0.6) is 0 Å². The topological polar surface area (TPSA) is 3.24 Å². The van der Waals surface area contributed by atoms with E-state index in [1.54, 1.807) is 0 Å². The molecule has 1 aliphatic carbocycles. The number of nitrogens with zero attached hydrogens (tertiary/aromatic N) is 1. The zero-order chi connectivity index (χ0) is 14.7. The molecular weight excluding hydrogens is 254 g/mol. The van der Waals surface area contributed by atoms with E-state index in [-0.39, 0.29) is 0 Å². The zero-order valence-electron chi connectivity index (χ0n) is 12.5. The van der Waals surface area contributed by atoms with E-state index >= 15 is 0 Å². The lowest BCUT2D eigenvalue weighted by molar-refractivity contribution is 1.13. The Morgan fingerprint density at radius 1 is 0.857 bits per heavy atom. The fourth-order valence-corrected chi connectivity index (χ4v) is 2.47. The fourth-order valence-electron chi connectivity index (χ4n) is 2.47. The summed E-state index contributed by atoms with van der Waals surface area (Å²) in [5.74, 6) is 0. The van der Waals surface area contributed by atoms with E-state index in [1.807, 2.05) is 0 Å². The number of hydrogen-bond donors (Lipinski definition) is 0. The molecule has 0 radical (unpaired) electrons. The summed E-state index contributed by atoms with van der Waals surface area (Å²) in [6.45, 7) is 0. The highest BCUT2D eigenvalue weighted by atomic mass is 15.1. The number of hydrogen-bond acceptors (Lipinski definition) is 1. The van der Waals surface area contributed by atoms with Crippen molar-refractivity contribution in [3.05, 3.63) is 83.4 Å². The first-order valence-electron chi connectivity index (χ1n) is 7.17. The van der Waals surface area contributed by atoms with Crippen LogP contribution in [0.4, 0.5) is 5.69 Å². The molecule has 0 fully saturated rings. The third-order valence-corrected chi connectivity index (χ3v) is 3.69. The highest BCUT2D eigenvalue weighted by Crippen LogP contribution is 2.28. The van der Waals surface area contributed by atoms with Gasteiger partial charge in [-0.05, 0) is 34.4 Å².